The lowest BCUT2D eigenvalue weighted by atomic mass is 10.1. The van der Waals surface area contributed by atoms with Crippen molar-refractivity contribution in [3.05, 3.63) is 53.2 Å². The molecule has 1 aliphatic carbocycles. The molecule has 1 aromatic carbocycles. The maximum atomic E-state index is 5.67. The number of aromatic nitrogens is 1. The van der Waals surface area contributed by atoms with Crippen molar-refractivity contribution in [2.24, 2.45) is 10.9 Å². The van der Waals surface area contributed by atoms with E-state index in [1.54, 1.807) is 14.2 Å². The van der Waals surface area contributed by atoms with Gasteiger partial charge in [-0.25, -0.2) is 4.98 Å². The zero-order valence-corrected chi connectivity index (χ0v) is 17.0. The Balaban J connectivity index is 1.40. The molecule has 1 fully saturated rings. The summed E-state index contributed by atoms with van der Waals surface area (Å²) in [6.45, 7) is 4.29. The molecule has 2 aromatic rings. The summed E-state index contributed by atoms with van der Waals surface area (Å²) < 4.78 is 11.1. The molecule has 2 N–H and O–H groups in total. The topological polar surface area (TPSA) is 67.8 Å². The molecule has 150 valence electrons. The third kappa shape index (κ3) is 6.15. The van der Waals surface area contributed by atoms with Crippen LogP contribution < -0.4 is 20.1 Å². The molecule has 0 bridgehead atoms. The highest BCUT2D eigenvalue weighted by molar-refractivity contribution is 5.79. The lowest BCUT2D eigenvalue weighted by Crippen LogP contribution is -2.37. The zero-order valence-electron chi connectivity index (χ0n) is 17.0. The molecule has 1 saturated carbocycles. The van der Waals surface area contributed by atoms with Gasteiger partial charge < -0.3 is 20.1 Å². The number of hydrogen-bond donors (Lipinski definition) is 2. The number of nitrogens with zero attached hydrogens (tertiary/aromatic N) is 2. The van der Waals surface area contributed by atoms with E-state index >= 15 is 0 Å². The molecule has 0 unspecified atom stereocenters. The fourth-order valence-corrected chi connectivity index (χ4v) is 2.84. The average Bonchev–Trinajstić information content (AvgIpc) is 3.55. The fourth-order valence-electron chi connectivity index (χ4n) is 2.84. The van der Waals surface area contributed by atoms with Crippen LogP contribution in [0.5, 0.6) is 11.6 Å². The summed E-state index contributed by atoms with van der Waals surface area (Å²) in [7, 11) is 3.48. The van der Waals surface area contributed by atoms with E-state index < -0.39 is 0 Å². The van der Waals surface area contributed by atoms with Crippen LogP contribution in [0.3, 0.4) is 0 Å². The van der Waals surface area contributed by atoms with Gasteiger partial charge in [-0.15, -0.1) is 0 Å². The van der Waals surface area contributed by atoms with E-state index in [1.807, 2.05) is 25.3 Å². The molecule has 6 nitrogen and oxygen atoms in total. The van der Waals surface area contributed by atoms with Crippen LogP contribution in [0.1, 0.15) is 29.5 Å². The van der Waals surface area contributed by atoms with E-state index in [0.29, 0.717) is 12.4 Å². The lowest BCUT2D eigenvalue weighted by molar-refractivity contribution is 0.288. The molecular formula is C22H30N4O2. The minimum absolute atomic E-state index is 0.661. The largest absolute Gasteiger partial charge is 0.496 e. The lowest BCUT2D eigenvalue weighted by Gasteiger charge is -2.13. The van der Waals surface area contributed by atoms with Crippen molar-refractivity contribution in [2.45, 2.75) is 32.7 Å². The first-order valence-corrected chi connectivity index (χ1v) is 9.83. The SMILES string of the molecule is CN=C(NCCc1ccc(C)c(OC)c1)NCc1ccc(OCC2CC2)nc1. The van der Waals surface area contributed by atoms with Gasteiger partial charge in [0, 0.05) is 32.4 Å². The Hall–Kier alpha value is -2.76. The number of aliphatic imine (C=N–C) groups is 1. The van der Waals surface area contributed by atoms with Gasteiger partial charge in [0.25, 0.3) is 0 Å². The molecule has 1 aliphatic rings. The standard InChI is InChI=1S/C22H30N4O2/c1-16-4-5-17(12-20(16)27-3)10-11-24-22(23-2)26-14-19-8-9-21(25-13-19)28-15-18-6-7-18/h4-5,8-9,12-13,18H,6-7,10-11,14-15H2,1-3H3,(H2,23,24,26). The van der Waals surface area contributed by atoms with Crippen molar-refractivity contribution in [1.29, 1.82) is 0 Å². The Kier molecular flexibility index (Phi) is 7.12. The van der Waals surface area contributed by atoms with Gasteiger partial charge in [-0.05, 0) is 54.9 Å². The second kappa shape index (κ2) is 9.97. The number of pyridine rings is 1. The number of benzene rings is 1. The molecule has 0 atom stereocenters. The predicted octanol–water partition coefficient (Wildman–Crippen LogP) is 3.10. The molecule has 1 heterocycles. The summed E-state index contributed by atoms with van der Waals surface area (Å²) in [6.07, 6.45) is 5.31. The third-order valence-electron chi connectivity index (χ3n) is 4.82. The fraction of sp³-hybridized carbons (Fsp3) is 0.455. The molecule has 0 aliphatic heterocycles. The van der Waals surface area contributed by atoms with E-state index in [0.717, 1.165) is 48.3 Å². The van der Waals surface area contributed by atoms with Crippen molar-refractivity contribution in [3.63, 3.8) is 0 Å². The van der Waals surface area contributed by atoms with Gasteiger partial charge in [0.05, 0.1) is 13.7 Å². The number of guanidine groups is 1. The monoisotopic (exact) mass is 382 g/mol. The summed E-state index contributed by atoms with van der Waals surface area (Å²) in [4.78, 5) is 8.65. The second-order valence-corrected chi connectivity index (χ2v) is 7.17. The Bertz CT molecular complexity index is 786. The van der Waals surface area contributed by atoms with E-state index in [2.05, 4.69) is 38.8 Å². The highest BCUT2D eigenvalue weighted by Crippen LogP contribution is 2.29. The first-order valence-electron chi connectivity index (χ1n) is 9.83. The van der Waals surface area contributed by atoms with Crippen molar-refractivity contribution in [1.82, 2.24) is 15.6 Å². The van der Waals surface area contributed by atoms with Crippen LogP contribution in [0.2, 0.25) is 0 Å². The van der Waals surface area contributed by atoms with Gasteiger partial charge in [0.2, 0.25) is 5.88 Å². The Morgan fingerprint density at radius 3 is 2.68 bits per heavy atom. The van der Waals surface area contributed by atoms with Crippen molar-refractivity contribution in [3.8, 4) is 11.6 Å². The van der Waals surface area contributed by atoms with Crippen molar-refractivity contribution >= 4 is 5.96 Å². The Labute approximate surface area is 167 Å². The van der Waals surface area contributed by atoms with Gasteiger partial charge in [-0.3, -0.25) is 4.99 Å². The summed E-state index contributed by atoms with van der Waals surface area (Å²) in [5.41, 5.74) is 3.47. The van der Waals surface area contributed by atoms with Crippen LogP contribution >= 0.6 is 0 Å². The summed E-state index contributed by atoms with van der Waals surface area (Å²) >= 11 is 0. The number of hydrogen-bond acceptors (Lipinski definition) is 4. The Morgan fingerprint density at radius 1 is 1.18 bits per heavy atom. The molecule has 28 heavy (non-hydrogen) atoms. The molecule has 0 radical (unpaired) electrons. The summed E-state index contributed by atoms with van der Waals surface area (Å²) in [5, 5.41) is 6.66. The van der Waals surface area contributed by atoms with Crippen LogP contribution in [-0.4, -0.2) is 38.3 Å². The van der Waals surface area contributed by atoms with E-state index in [9.17, 15) is 0 Å². The zero-order chi connectivity index (χ0) is 19.8. The van der Waals surface area contributed by atoms with Gasteiger partial charge in [0.15, 0.2) is 5.96 Å². The van der Waals surface area contributed by atoms with Gasteiger partial charge in [0.1, 0.15) is 5.75 Å². The van der Waals surface area contributed by atoms with E-state index in [1.165, 1.54) is 18.4 Å². The normalized spacial score (nSPS) is 13.9. The van der Waals surface area contributed by atoms with Gasteiger partial charge >= 0.3 is 0 Å². The van der Waals surface area contributed by atoms with E-state index in [4.69, 9.17) is 9.47 Å². The molecule has 6 heteroatoms. The number of ether oxygens (including phenoxy) is 2. The van der Waals surface area contributed by atoms with Crippen LogP contribution in [-0.2, 0) is 13.0 Å². The first kappa shape index (κ1) is 20.0. The Morgan fingerprint density at radius 2 is 2.00 bits per heavy atom. The number of rotatable bonds is 9. The number of nitrogens with one attached hydrogen (secondary N) is 2. The maximum Gasteiger partial charge on any atom is 0.213 e. The molecule has 1 aromatic heterocycles. The highest BCUT2D eigenvalue weighted by Gasteiger charge is 2.22. The summed E-state index contributed by atoms with van der Waals surface area (Å²) in [6, 6.07) is 10.3. The van der Waals surface area contributed by atoms with Crippen LogP contribution in [0.15, 0.2) is 41.5 Å². The van der Waals surface area contributed by atoms with Gasteiger partial charge in [-0.1, -0.05) is 18.2 Å². The van der Waals surface area contributed by atoms with Crippen LogP contribution in [0, 0.1) is 12.8 Å². The quantitative estimate of drug-likeness (QED) is 0.515. The number of aryl methyl sites for hydroxylation is 1. The number of methoxy groups -OCH3 is 1. The average molecular weight is 383 g/mol. The maximum absolute atomic E-state index is 5.67. The molecule has 0 saturated heterocycles. The highest BCUT2D eigenvalue weighted by atomic mass is 16.5. The molecular weight excluding hydrogens is 352 g/mol. The second-order valence-electron chi connectivity index (χ2n) is 7.17. The van der Waals surface area contributed by atoms with Crippen molar-refractivity contribution in [2.75, 3.05) is 27.3 Å². The smallest absolute Gasteiger partial charge is 0.213 e. The van der Waals surface area contributed by atoms with Gasteiger partial charge in [-0.2, -0.15) is 0 Å². The predicted molar refractivity (Wildman–Crippen MR) is 112 cm³/mol. The summed E-state index contributed by atoms with van der Waals surface area (Å²) in [5.74, 6) is 3.13. The minimum atomic E-state index is 0.661. The molecule has 0 spiro atoms. The third-order valence-corrected chi connectivity index (χ3v) is 4.82. The van der Waals surface area contributed by atoms with Crippen LogP contribution in [0.25, 0.3) is 0 Å². The molecule has 0 amide bonds. The van der Waals surface area contributed by atoms with Crippen molar-refractivity contribution < 1.29 is 9.47 Å². The molecule has 3 rings (SSSR count). The van der Waals surface area contributed by atoms with Crippen LogP contribution in [0.4, 0.5) is 0 Å². The first-order chi connectivity index (χ1) is 13.7. The van der Waals surface area contributed by atoms with E-state index in [-0.39, 0.29) is 0 Å². The minimum Gasteiger partial charge on any atom is -0.496 e.